The Kier molecular flexibility index (Phi) is 4.40. The van der Waals surface area contributed by atoms with E-state index in [4.69, 9.17) is 0 Å². The minimum absolute atomic E-state index is 0.178. The van der Waals surface area contributed by atoms with Crippen LogP contribution in [0.1, 0.15) is 35.6 Å². The molecular formula is C16H13F3N2O. The summed E-state index contributed by atoms with van der Waals surface area (Å²) >= 11 is 0. The van der Waals surface area contributed by atoms with Gasteiger partial charge in [0.15, 0.2) is 5.78 Å². The SMILES string of the molecule is CC(=O)c1cccc(C(C)=Nc2ccccc2C(F)(F)F)n1. The smallest absolute Gasteiger partial charge is 0.293 e. The van der Waals surface area contributed by atoms with Crippen LogP contribution in [0.2, 0.25) is 0 Å². The van der Waals surface area contributed by atoms with Crippen molar-refractivity contribution >= 4 is 17.2 Å². The first-order chi connectivity index (χ1) is 10.3. The minimum atomic E-state index is -4.48. The number of pyridine rings is 1. The molecule has 2 rings (SSSR count). The molecule has 6 heteroatoms. The highest BCUT2D eigenvalue weighted by molar-refractivity contribution is 6.00. The third-order valence-electron chi connectivity index (χ3n) is 2.98. The third-order valence-corrected chi connectivity index (χ3v) is 2.98. The second-order valence-corrected chi connectivity index (χ2v) is 4.68. The number of Topliss-reactive ketones (excluding diaryl/α,β-unsaturated/α-hetero) is 1. The van der Waals surface area contributed by atoms with Gasteiger partial charge >= 0.3 is 6.18 Å². The van der Waals surface area contributed by atoms with Crippen molar-refractivity contribution in [3.8, 4) is 0 Å². The van der Waals surface area contributed by atoms with Crippen LogP contribution in [0.25, 0.3) is 0 Å². The third kappa shape index (κ3) is 3.58. The van der Waals surface area contributed by atoms with Crippen LogP contribution in [0.4, 0.5) is 18.9 Å². The van der Waals surface area contributed by atoms with Gasteiger partial charge in [-0.25, -0.2) is 4.98 Å². The van der Waals surface area contributed by atoms with Gasteiger partial charge in [-0.05, 0) is 31.2 Å². The lowest BCUT2D eigenvalue weighted by Crippen LogP contribution is -2.07. The lowest BCUT2D eigenvalue weighted by atomic mass is 10.1. The maximum Gasteiger partial charge on any atom is 0.418 e. The van der Waals surface area contributed by atoms with Crippen molar-refractivity contribution in [2.75, 3.05) is 0 Å². The second kappa shape index (κ2) is 6.09. The van der Waals surface area contributed by atoms with Gasteiger partial charge in [0.1, 0.15) is 5.69 Å². The zero-order chi connectivity index (χ0) is 16.3. The van der Waals surface area contributed by atoms with Crippen molar-refractivity contribution < 1.29 is 18.0 Å². The molecule has 1 heterocycles. The van der Waals surface area contributed by atoms with Crippen molar-refractivity contribution in [3.05, 3.63) is 59.4 Å². The van der Waals surface area contributed by atoms with E-state index in [1.807, 2.05) is 0 Å². The average Bonchev–Trinajstić information content (AvgIpc) is 2.46. The van der Waals surface area contributed by atoms with E-state index in [9.17, 15) is 18.0 Å². The molecule has 3 nitrogen and oxygen atoms in total. The highest BCUT2D eigenvalue weighted by Gasteiger charge is 2.33. The van der Waals surface area contributed by atoms with E-state index in [0.717, 1.165) is 6.07 Å². The van der Waals surface area contributed by atoms with Crippen molar-refractivity contribution in [3.63, 3.8) is 0 Å². The van der Waals surface area contributed by atoms with Crippen LogP contribution in [0.3, 0.4) is 0 Å². The fraction of sp³-hybridized carbons (Fsp3) is 0.188. The Labute approximate surface area is 125 Å². The molecule has 1 aromatic heterocycles. The topological polar surface area (TPSA) is 42.3 Å². The molecule has 22 heavy (non-hydrogen) atoms. The number of aromatic nitrogens is 1. The average molecular weight is 306 g/mol. The number of halogens is 3. The first kappa shape index (κ1) is 15.9. The molecule has 0 aliphatic rings. The van der Waals surface area contributed by atoms with Crippen LogP contribution in [0.15, 0.2) is 47.5 Å². The Bertz CT molecular complexity index is 736. The van der Waals surface area contributed by atoms with Crippen LogP contribution >= 0.6 is 0 Å². The number of nitrogens with zero attached hydrogens (tertiary/aromatic N) is 2. The Hall–Kier alpha value is -2.50. The number of para-hydroxylation sites is 1. The van der Waals surface area contributed by atoms with Crippen molar-refractivity contribution in [1.82, 2.24) is 4.98 Å². The summed E-state index contributed by atoms with van der Waals surface area (Å²) in [4.78, 5) is 19.4. The summed E-state index contributed by atoms with van der Waals surface area (Å²) in [5, 5.41) is 0. The summed E-state index contributed by atoms with van der Waals surface area (Å²) in [6.07, 6.45) is -4.48. The molecule has 0 radical (unpaired) electrons. The molecule has 114 valence electrons. The van der Waals surface area contributed by atoms with Crippen LogP contribution in [-0.4, -0.2) is 16.5 Å². The van der Waals surface area contributed by atoms with Gasteiger partial charge < -0.3 is 0 Å². The molecule has 0 saturated carbocycles. The summed E-state index contributed by atoms with van der Waals surface area (Å²) < 4.78 is 38.8. The van der Waals surface area contributed by atoms with E-state index in [2.05, 4.69) is 9.98 Å². The van der Waals surface area contributed by atoms with Crippen LogP contribution in [-0.2, 0) is 6.18 Å². The Morgan fingerprint density at radius 1 is 1.00 bits per heavy atom. The predicted octanol–water partition coefficient (Wildman–Crippen LogP) is 4.44. The second-order valence-electron chi connectivity index (χ2n) is 4.68. The number of ketones is 1. The largest absolute Gasteiger partial charge is 0.418 e. The number of benzene rings is 1. The van der Waals surface area contributed by atoms with E-state index in [-0.39, 0.29) is 17.2 Å². The Morgan fingerprint density at radius 2 is 1.64 bits per heavy atom. The van der Waals surface area contributed by atoms with Gasteiger partial charge in [-0.2, -0.15) is 13.2 Å². The summed E-state index contributed by atoms with van der Waals surface area (Å²) in [5.41, 5.74) is -0.0692. The number of carbonyl (C=O) groups excluding carboxylic acids is 1. The standard InChI is InChI=1S/C16H13F3N2O/c1-10(13-8-5-9-14(21-13)11(2)22)20-15-7-4-3-6-12(15)16(17,18)19/h3-9H,1-2H3. The fourth-order valence-corrected chi connectivity index (χ4v) is 1.88. The molecule has 0 bridgehead atoms. The Morgan fingerprint density at radius 3 is 2.27 bits per heavy atom. The molecule has 0 aliphatic heterocycles. The number of hydrogen-bond donors (Lipinski definition) is 0. The maximum atomic E-state index is 12.9. The predicted molar refractivity (Wildman–Crippen MR) is 77.6 cm³/mol. The number of hydrogen-bond acceptors (Lipinski definition) is 3. The van der Waals surface area contributed by atoms with Crippen LogP contribution in [0.5, 0.6) is 0 Å². The normalized spacial score (nSPS) is 12.3. The van der Waals surface area contributed by atoms with Crippen molar-refractivity contribution in [2.24, 2.45) is 4.99 Å². The van der Waals surface area contributed by atoms with E-state index in [1.165, 1.54) is 25.1 Å². The summed E-state index contributed by atoms with van der Waals surface area (Å²) in [7, 11) is 0. The van der Waals surface area contributed by atoms with Crippen molar-refractivity contribution in [1.29, 1.82) is 0 Å². The molecule has 0 unspecified atom stereocenters. The maximum absolute atomic E-state index is 12.9. The number of aliphatic imine (C=N–C) groups is 1. The summed E-state index contributed by atoms with van der Waals surface area (Å²) in [5.74, 6) is -0.217. The Balaban J connectivity index is 2.46. The van der Waals surface area contributed by atoms with Gasteiger partial charge in [-0.15, -0.1) is 0 Å². The molecule has 0 saturated heterocycles. The molecular weight excluding hydrogens is 293 g/mol. The number of carbonyl (C=O) groups is 1. The van der Waals surface area contributed by atoms with E-state index >= 15 is 0 Å². The highest BCUT2D eigenvalue weighted by atomic mass is 19.4. The zero-order valence-electron chi connectivity index (χ0n) is 12.0. The van der Waals surface area contributed by atoms with Gasteiger partial charge in [0.05, 0.1) is 22.7 Å². The molecule has 2 aromatic rings. The van der Waals surface area contributed by atoms with Gasteiger partial charge in [-0.1, -0.05) is 18.2 Å². The number of rotatable bonds is 3. The highest BCUT2D eigenvalue weighted by Crippen LogP contribution is 2.36. The molecule has 0 fully saturated rings. The number of alkyl halides is 3. The quantitative estimate of drug-likeness (QED) is 0.621. The fourth-order valence-electron chi connectivity index (χ4n) is 1.88. The van der Waals surface area contributed by atoms with Crippen molar-refractivity contribution in [2.45, 2.75) is 20.0 Å². The lowest BCUT2D eigenvalue weighted by Gasteiger charge is -2.10. The molecule has 1 aromatic carbocycles. The van der Waals surface area contributed by atoms with E-state index < -0.39 is 11.7 Å². The lowest BCUT2D eigenvalue weighted by molar-refractivity contribution is -0.137. The molecule has 0 spiro atoms. The zero-order valence-corrected chi connectivity index (χ0v) is 12.0. The van der Waals surface area contributed by atoms with E-state index in [0.29, 0.717) is 11.4 Å². The summed E-state index contributed by atoms with van der Waals surface area (Å²) in [6.45, 7) is 2.93. The van der Waals surface area contributed by atoms with Crippen LogP contribution < -0.4 is 0 Å². The van der Waals surface area contributed by atoms with Gasteiger partial charge in [0.25, 0.3) is 0 Å². The first-order valence-corrected chi connectivity index (χ1v) is 6.49. The van der Waals surface area contributed by atoms with Gasteiger partial charge in [0.2, 0.25) is 0 Å². The summed E-state index contributed by atoms with van der Waals surface area (Å²) in [6, 6.07) is 9.83. The molecule has 0 atom stereocenters. The molecule has 0 aliphatic carbocycles. The van der Waals surface area contributed by atoms with E-state index in [1.54, 1.807) is 25.1 Å². The monoisotopic (exact) mass is 306 g/mol. The molecule has 0 N–H and O–H groups in total. The van der Waals surface area contributed by atoms with Gasteiger partial charge in [0, 0.05) is 6.92 Å². The van der Waals surface area contributed by atoms with Crippen LogP contribution in [0, 0.1) is 0 Å². The molecule has 0 amide bonds. The minimum Gasteiger partial charge on any atom is -0.293 e. The van der Waals surface area contributed by atoms with Gasteiger partial charge in [-0.3, -0.25) is 9.79 Å². The first-order valence-electron chi connectivity index (χ1n) is 6.49.